The molecule has 1 heterocycles. The molecular formula is C17H17N. The largest absolute Gasteiger partial charge is 0.366 e. The van der Waals surface area contributed by atoms with E-state index < -0.39 is 0 Å². The van der Waals surface area contributed by atoms with Crippen molar-refractivity contribution >= 4 is 11.8 Å². The van der Waals surface area contributed by atoms with Crippen LogP contribution >= 0.6 is 0 Å². The van der Waals surface area contributed by atoms with Gasteiger partial charge in [-0.1, -0.05) is 60.7 Å². The second-order valence-electron chi connectivity index (χ2n) is 4.66. The average Bonchev–Trinajstić information content (AvgIpc) is 2.63. The number of rotatable bonds is 2. The van der Waals surface area contributed by atoms with Crippen molar-refractivity contribution in [1.29, 1.82) is 0 Å². The van der Waals surface area contributed by atoms with Crippen LogP contribution in [0.1, 0.15) is 17.5 Å². The molecule has 0 N–H and O–H groups in total. The molecule has 0 aromatic heterocycles. The number of anilines is 1. The number of para-hydroxylation sites is 1. The van der Waals surface area contributed by atoms with Gasteiger partial charge in [0.1, 0.15) is 0 Å². The van der Waals surface area contributed by atoms with Crippen LogP contribution in [0.4, 0.5) is 5.69 Å². The van der Waals surface area contributed by atoms with E-state index in [9.17, 15) is 0 Å². The fraction of sp³-hybridized carbons (Fsp3) is 0.176. The van der Waals surface area contributed by atoms with Crippen LogP contribution < -0.4 is 4.90 Å². The van der Waals surface area contributed by atoms with Gasteiger partial charge < -0.3 is 4.90 Å². The number of benzene rings is 2. The highest BCUT2D eigenvalue weighted by molar-refractivity contribution is 5.69. The van der Waals surface area contributed by atoms with Crippen LogP contribution in [0.3, 0.4) is 0 Å². The summed E-state index contributed by atoms with van der Waals surface area (Å²) in [7, 11) is 0. The zero-order chi connectivity index (χ0) is 12.2. The summed E-state index contributed by atoms with van der Waals surface area (Å²) in [4.78, 5) is 2.46. The lowest BCUT2D eigenvalue weighted by atomic mass is 10.1. The highest BCUT2D eigenvalue weighted by Crippen LogP contribution is 2.26. The molecular weight excluding hydrogens is 218 g/mol. The van der Waals surface area contributed by atoms with Crippen LogP contribution in [0.5, 0.6) is 0 Å². The summed E-state index contributed by atoms with van der Waals surface area (Å²) in [5, 5.41) is 0. The maximum Gasteiger partial charge on any atom is 0.0442 e. The van der Waals surface area contributed by atoms with Gasteiger partial charge in [-0.2, -0.15) is 0 Å². The first-order chi connectivity index (χ1) is 8.93. The summed E-state index contributed by atoms with van der Waals surface area (Å²) in [5.41, 5.74) is 4.04. The second-order valence-corrected chi connectivity index (χ2v) is 4.66. The zero-order valence-electron chi connectivity index (χ0n) is 10.4. The predicted octanol–water partition coefficient (Wildman–Crippen LogP) is 4.11. The lowest BCUT2D eigenvalue weighted by Crippen LogP contribution is -2.23. The van der Waals surface area contributed by atoms with Gasteiger partial charge in [0.05, 0.1) is 0 Å². The summed E-state index contributed by atoms with van der Waals surface area (Å²) < 4.78 is 0. The zero-order valence-corrected chi connectivity index (χ0v) is 10.4. The fourth-order valence-corrected chi connectivity index (χ4v) is 2.45. The SMILES string of the molecule is C1=Cc2ccccc2N(Cc2ccccc2)CC1. The first-order valence-electron chi connectivity index (χ1n) is 6.48. The molecule has 1 heteroatoms. The maximum absolute atomic E-state index is 2.46. The Morgan fingerprint density at radius 2 is 1.67 bits per heavy atom. The van der Waals surface area contributed by atoms with E-state index in [0.29, 0.717) is 0 Å². The Balaban J connectivity index is 1.90. The minimum atomic E-state index is 0.986. The summed E-state index contributed by atoms with van der Waals surface area (Å²) >= 11 is 0. The quantitative estimate of drug-likeness (QED) is 0.757. The van der Waals surface area contributed by atoms with Gasteiger partial charge in [0.25, 0.3) is 0 Å². The van der Waals surface area contributed by atoms with Crippen molar-refractivity contribution in [2.75, 3.05) is 11.4 Å². The molecule has 0 saturated carbocycles. The van der Waals surface area contributed by atoms with Gasteiger partial charge in [-0.05, 0) is 23.6 Å². The molecule has 0 radical (unpaired) electrons. The normalized spacial score (nSPS) is 14.1. The van der Waals surface area contributed by atoms with Crippen LogP contribution in [-0.2, 0) is 6.54 Å². The lowest BCUT2D eigenvalue weighted by molar-refractivity contribution is 0.798. The van der Waals surface area contributed by atoms with Gasteiger partial charge in [0.2, 0.25) is 0 Å². The van der Waals surface area contributed by atoms with Crippen LogP contribution in [0.25, 0.3) is 6.08 Å². The van der Waals surface area contributed by atoms with E-state index >= 15 is 0 Å². The molecule has 0 atom stereocenters. The smallest absolute Gasteiger partial charge is 0.0442 e. The van der Waals surface area contributed by atoms with Crippen molar-refractivity contribution in [1.82, 2.24) is 0 Å². The third-order valence-corrected chi connectivity index (χ3v) is 3.36. The third-order valence-electron chi connectivity index (χ3n) is 3.36. The molecule has 0 spiro atoms. The molecule has 0 fully saturated rings. The first kappa shape index (κ1) is 11.1. The van der Waals surface area contributed by atoms with E-state index in [0.717, 1.165) is 19.5 Å². The Labute approximate surface area is 108 Å². The summed E-state index contributed by atoms with van der Waals surface area (Å²) in [6, 6.07) is 19.3. The fourth-order valence-electron chi connectivity index (χ4n) is 2.45. The standard InChI is InChI=1S/C17H17N/c1-2-8-15(9-3-1)14-18-13-7-6-11-16-10-4-5-12-17(16)18/h1-6,8-12H,7,13-14H2. The summed E-state index contributed by atoms with van der Waals surface area (Å²) in [5.74, 6) is 0. The highest BCUT2D eigenvalue weighted by atomic mass is 15.1. The van der Waals surface area contributed by atoms with Crippen molar-refractivity contribution in [3.05, 3.63) is 71.8 Å². The molecule has 18 heavy (non-hydrogen) atoms. The number of hydrogen-bond donors (Lipinski definition) is 0. The molecule has 0 bridgehead atoms. The molecule has 1 nitrogen and oxygen atoms in total. The molecule has 1 aliphatic heterocycles. The Morgan fingerprint density at radius 3 is 2.56 bits per heavy atom. The molecule has 2 aromatic rings. The first-order valence-corrected chi connectivity index (χ1v) is 6.48. The van der Waals surface area contributed by atoms with E-state index in [2.05, 4.69) is 71.6 Å². The highest BCUT2D eigenvalue weighted by Gasteiger charge is 2.11. The Bertz CT molecular complexity index is 543. The molecule has 90 valence electrons. The lowest BCUT2D eigenvalue weighted by Gasteiger charge is -2.25. The molecule has 0 aliphatic carbocycles. The van der Waals surface area contributed by atoms with Crippen LogP contribution in [-0.4, -0.2) is 6.54 Å². The van der Waals surface area contributed by atoms with E-state index in [1.165, 1.54) is 16.8 Å². The molecule has 0 amide bonds. The summed E-state index contributed by atoms with van der Waals surface area (Å²) in [6.45, 7) is 2.07. The molecule has 1 aliphatic rings. The van der Waals surface area contributed by atoms with Crippen LogP contribution in [0.15, 0.2) is 60.7 Å². The van der Waals surface area contributed by atoms with Crippen molar-refractivity contribution in [2.45, 2.75) is 13.0 Å². The van der Waals surface area contributed by atoms with Gasteiger partial charge in [-0.15, -0.1) is 0 Å². The van der Waals surface area contributed by atoms with Gasteiger partial charge in [0.15, 0.2) is 0 Å². The van der Waals surface area contributed by atoms with E-state index in [1.807, 2.05) is 0 Å². The number of hydrogen-bond acceptors (Lipinski definition) is 1. The van der Waals surface area contributed by atoms with Gasteiger partial charge in [0, 0.05) is 18.8 Å². The van der Waals surface area contributed by atoms with Crippen molar-refractivity contribution in [3.63, 3.8) is 0 Å². The van der Waals surface area contributed by atoms with Gasteiger partial charge in [-0.25, -0.2) is 0 Å². The Hall–Kier alpha value is -2.02. The number of nitrogens with zero attached hydrogens (tertiary/aromatic N) is 1. The number of fused-ring (bicyclic) bond motifs is 1. The predicted molar refractivity (Wildman–Crippen MR) is 77.6 cm³/mol. The molecule has 2 aromatic carbocycles. The van der Waals surface area contributed by atoms with E-state index in [-0.39, 0.29) is 0 Å². The average molecular weight is 235 g/mol. The molecule has 3 rings (SSSR count). The van der Waals surface area contributed by atoms with E-state index in [4.69, 9.17) is 0 Å². The molecule has 0 saturated heterocycles. The Kier molecular flexibility index (Phi) is 3.14. The Morgan fingerprint density at radius 1 is 0.889 bits per heavy atom. The maximum atomic E-state index is 2.46. The van der Waals surface area contributed by atoms with Crippen molar-refractivity contribution < 1.29 is 0 Å². The molecule has 0 unspecified atom stereocenters. The monoisotopic (exact) mass is 235 g/mol. The minimum absolute atomic E-state index is 0.986. The third kappa shape index (κ3) is 2.30. The van der Waals surface area contributed by atoms with Gasteiger partial charge in [-0.3, -0.25) is 0 Å². The van der Waals surface area contributed by atoms with Gasteiger partial charge >= 0.3 is 0 Å². The second kappa shape index (κ2) is 5.09. The van der Waals surface area contributed by atoms with E-state index in [1.54, 1.807) is 0 Å². The topological polar surface area (TPSA) is 3.24 Å². The minimum Gasteiger partial charge on any atom is -0.366 e. The summed E-state index contributed by atoms with van der Waals surface area (Å²) in [6.07, 6.45) is 5.62. The van der Waals surface area contributed by atoms with Crippen molar-refractivity contribution in [2.24, 2.45) is 0 Å². The van der Waals surface area contributed by atoms with Crippen LogP contribution in [0, 0.1) is 0 Å². The van der Waals surface area contributed by atoms with Crippen LogP contribution in [0.2, 0.25) is 0 Å². The van der Waals surface area contributed by atoms with Crippen molar-refractivity contribution in [3.8, 4) is 0 Å².